The molecule has 2 N–H and O–H groups in total. The minimum atomic E-state index is -3.50. The zero-order valence-electron chi connectivity index (χ0n) is 14.7. The SMILES string of the molecule is Cc1ccc(S(=O)(=O)NCCCNC(=O)c2csc(C(C)C)c2)cc1. The summed E-state index contributed by atoms with van der Waals surface area (Å²) in [4.78, 5) is 13.5. The Hall–Kier alpha value is -1.70. The highest BCUT2D eigenvalue weighted by Gasteiger charge is 2.13. The molecule has 1 aromatic heterocycles. The van der Waals surface area contributed by atoms with Gasteiger partial charge in [-0.2, -0.15) is 0 Å². The lowest BCUT2D eigenvalue weighted by atomic mass is 10.1. The average molecular weight is 381 g/mol. The van der Waals surface area contributed by atoms with Gasteiger partial charge in [0.15, 0.2) is 0 Å². The van der Waals surface area contributed by atoms with Crippen LogP contribution in [-0.2, 0) is 10.0 Å². The molecule has 2 aromatic rings. The van der Waals surface area contributed by atoms with Crippen molar-refractivity contribution in [2.45, 2.75) is 38.0 Å². The minimum Gasteiger partial charge on any atom is -0.352 e. The van der Waals surface area contributed by atoms with E-state index in [1.165, 1.54) is 4.88 Å². The third-order valence-corrected chi connectivity index (χ3v) is 6.42. The predicted octanol–water partition coefficient (Wildman–Crippen LogP) is 3.28. The molecule has 25 heavy (non-hydrogen) atoms. The number of carbonyl (C=O) groups excluding carboxylic acids is 1. The van der Waals surface area contributed by atoms with E-state index in [4.69, 9.17) is 0 Å². The summed E-state index contributed by atoms with van der Waals surface area (Å²) >= 11 is 1.58. The molecule has 0 bridgehead atoms. The third-order valence-electron chi connectivity index (χ3n) is 3.71. The molecule has 2 rings (SSSR count). The topological polar surface area (TPSA) is 75.3 Å². The summed E-state index contributed by atoms with van der Waals surface area (Å²) in [6, 6.07) is 8.61. The second-order valence-corrected chi connectivity index (χ2v) is 8.92. The Morgan fingerprint density at radius 3 is 2.44 bits per heavy atom. The van der Waals surface area contributed by atoms with Crippen LogP contribution in [0.15, 0.2) is 40.6 Å². The molecule has 136 valence electrons. The van der Waals surface area contributed by atoms with E-state index in [9.17, 15) is 13.2 Å². The number of carbonyl (C=O) groups is 1. The molecule has 5 nitrogen and oxygen atoms in total. The molecule has 0 aliphatic carbocycles. The zero-order chi connectivity index (χ0) is 18.4. The highest BCUT2D eigenvalue weighted by Crippen LogP contribution is 2.22. The number of hydrogen-bond acceptors (Lipinski definition) is 4. The highest BCUT2D eigenvalue weighted by atomic mass is 32.2. The van der Waals surface area contributed by atoms with Gasteiger partial charge in [0, 0.05) is 23.3 Å². The minimum absolute atomic E-state index is 0.121. The average Bonchev–Trinajstić information content (AvgIpc) is 3.05. The fourth-order valence-electron chi connectivity index (χ4n) is 2.17. The largest absolute Gasteiger partial charge is 0.352 e. The first-order chi connectivity index (χ1) is 11.8. The van der Waals surface area contributed by atoms with Gasteiger partial charge in [-0.1, -0.05) is 31.5 Å². The molecule has 0 aliphatic rings. The molecule has 0 spiro atoms. The number of nitrogens with one attached hydrogen (secondary N) is 2. The van der Waals surface area contributed by atoms with Gasteiger partial charge in [0.1, 0.15) is 0 Å². The van der Waals surface area contributed by atoms with E-state index < -0.39 is 10.0 Å². The van der Waals surface area contributed by atoms with E-state index in [-0.39, 0.29) is 17.3 Å². The van der Waals surface area contributed by atoms with Gasteiger partial charge in [-0.05, 0) is 37.5 Å². The summed E-state index contributed by atoms with van der Waals surface area (Å²) in [6.45, 7) is 6.78. The lowest BCUT2D eigenvalue weighted by Crippen LogP contribution is -2.29. The van der Waals surface area contributed by atoms with E-state index in [0.29, 0.717) is 24.4 Å². The molecule has 0 aliphatic heterocycles. The van der Waals surface area contributed by atoms with Crippen LogP contribution in [0.1, 0.15) is 47.0 Å². The molecule has 0 unspecified atom stereocenters. The number of hydrogen-bond donors (Lipinski definition) is 2. The Morgan fingerprint density at radius 2 is 1.84 bits per heavy atom. The van der Waals surface area contributed by atoms with Gasteiger partial charge in [-0.15, -0.1) is 11.3 Å². The maximum Gasteiger partial charge on any atom is 0.252 e. The molecule has 0 saturated heterocycles. The van der Waals surface area contributed by atoms with Crippen molar-refractivity contribution in [3.8, 4) is 0 Å². The van der Waals surface area contributed by atoms with Crippen molar-refractivity contribution in [3.63, 3.8) is 0 Å². The van der Waals surface area contributed by atoms with Crippen LogP contribution in [0.5, 0.6) is 0 Å². The van der Waals surface area contributed by atoms with Crippen LogP contribution in [0, 0.1) is 6.92 Å². The Labute approximate surface area is 153 Å². The van der Waals surface area contributed by atoms with Crippen molar-refractivity contribution in [2.75, 3.05) is 13.1 Å². The Morgan fingerprint density at radius 1 is 1.16 bits per heavy atom. The van der Waals surface area contributed by atoms with Crippen LogP contribution >= 0.6 is 11.3 Å². The van der Waals surface area contributed by atoms with E-state index in [1.54, 1.807) is 35.6 Å². The van der Waals surface area contributed by atoms with Gasteiger partial charge in [-0.3, -0.25) is 4.79 Å². The number of sulfonamides is 1. The summed E-state index contributed by atoms with van der Waals surface area (Å²) < 4.78 is 26.8. The number of aryl methyl sites for hydroxylation is 1. The number of benzene rings is 1. The van der Waals surface area contributed by atoms with E-state index in [1.807, 2.05) is 18.4 Å². The maximum atomic E-state index is 12.1. The van der Waals surface area contributed by atoms with Crippen molar-refractivity contribution >= 4 is 27.3 Å². The first-order valence-corrected chi connectivity index (χ1v) is 10.6. The van der Waals surface area contributed by atoms with Crippen LogP contribution in [0.2, 0.25) is 0 Å². The molecule has 0 atom stereocenters. The second-order valence-electron chi connectivity index (χ2n) is 6.21. The molecule has 0 radical (unpaired) electrons. The van der Waals surface area contributed by atoms with Crippen LogP contribution in [0.25, 0.3) is 0 Å². The summed E-state index contributed by atoms with van der Waals surface area (Å²) in [7, 11) is -3.50. The summed E-state index contributed by atoms with van der Waals surface area (Å²) in [5, 5.41) is 4.67. The molecule has 0 saturated carbocycles. The van der Waals surface area contributed by atoms with Gasteiger partial charge in [0.2, 0.25) is 10.0 Å². The van der Waals surface area contributed by atoms with Crippen molar-refractivity contribution in [3.05, 3.63) is 51.7 Å². The van der Waals surface area contributed by atoms with Crippen molar-refractivity contribution in [2.24, 2.45) is 0 Å². The third kappa shape index (κ3) is 5.66. The Balaban J connectivity index is 1.75. The van der Waals surface area contributed by atoms with Gasteiger partial charge >= 0.3 is 0 Å². The number of rotatable bonds is 8. The summed E-state index contributed by atoms with van der Waals surface area (Å²) in [5.74, 6) is 0.285. The van der Waals surface area contributed by atoms with Gasteiger partial charge < -0.3 is 5.32 Å². The van der Waals surface area contributed by atoms with E-state index in [2.05, 4.69) is 23.9 Å². The maximum absolute atomic E-state index is 12.1. The lowest BCUT2D eigenvalue weighted by Gasteiger charge is -2.08. The van der Waals surface area contributed by atoms with Crippen LogP contribution in [-0.4, -0.2) is 27.4 Å². The monoisotopic (exact) mass is 380 g/mol. The summed E-state index contributed by atoms with van der Waals surface area (Å²) in [6.07, 6.45) is 0.526. The van der Waals surface area contributed by atoms with Gasteiger partial charge in [0.05, 0.1) is 10.5 Å². The number of thiophene rings is 1. The molecule has 1 amide bonds. The molecular weight excluding hydrogens is 356 g/mol. The van der Waals surface area contributed by atoms with Crippen molar-refractivity contribution in [1.29, 1.82) is 0 Å². The lowest BCUT2D eigenvalue weighted by molar-refractivity contribution is 0.0954. The van der Waals surface area contributed by atoms with Crippen LogP contribution < -0.4 is 10.0 Å². The molecule has 1 aromatic carbocycles. The van der Waals surface area contributed by atoms with Crippen LogP contribution in [0.4, 0.5) is 0 Å². The first-order valence-electron chi connectivity index (χ1n) is 8.22. The second kappa shape index (κ2) is 8.60. The van der Waals surface area contributed by atoms with Gasteiger partial charge in [0.25, 0.3) is 5.91 Å². The predicted molar refractivity (Wildman–Crippen MR) is 102 cm³/mol. The van der Waals surface area contributed by atoms with Crippen molar-refractivity contribution in [1.82, 2.24) is 10.0 Å². The van der Waals surface area contributed by atoms with E-state index >= 15 is 0 Å². The normalized spacial score (nSPS) is 11.7. The first kappa shape index (κ1) is 19.6. The molecule has 0 fully saturated rings. The fraction of sp³-hybridized carbons (Fsp3) is 0.389. The Kier molecular flexibility index (Phi) is 6.75. The van der Waals surface area contributed by atoms with E-state index in [0.717, 1.165) is 5.56 Å². The molecule has 7 heteroatoms. The zero-order valence-corrected chi connectivity index (χ0v) is 16.3. The number of amides is 1. The fourth-order valence-corrected chi connectivity index (χ4v) is 4.15. The van der Waals surface area contributed by atoms with Gasteiger partial charge in [-0.25, -0.2) is 13.1 Å². The van der Waals surface area contributed by atoms with Crippen LogP contribution in [0.3, 0.4) is 0 Å². The highest BCUT2D eigenvalue weighted by molar-refractivity contribution is 7.89. The standard InChI is InChI=1S/C18H24N2O3S2/c1-13(2)17-11-15(12-24-17)18(21)19-9-4-10-20-25(22,23)16-7-5-14(3)6-8-16/h5-8,11-13,20H,4,9-10H2,1-3H3,(H,19,21). The summed E-state index contributed by atoms with van der Waals surface area (Å²) in [5.41, 5.74) is 1.67. The Bertz CT molecular complexity index is 809. The molecule has 1 heterocycles. The smallest absolute Gasteiger partial charge is 0.252 e. The molecular formula is C18H24N2O3S2. The van der Waals surface area contributed by atoms with Crippen molar-refractivity contribution < 1.29 is 13.2 Å². The quantitative estimate of drug-likeness (QED) is 0.690.